The molecule has 0 aliphatic heterocycles. The van der Waals surface area contributed by atoms with Crippen LogP contribution in [0.3, 0.4) is 0 Å². The molecule has 0 aliphatic carbocycles. The maximum Gasteiger partial charge on any atom is 0.326 e. The highest BCUT2D eigenvalue weighted by Gasteiger charge is 2.22. The Labute approximate surface area is 232 Å². The number of hydrogen-bond acceptors (Lipinski definition) is 4. The first-order chi connectivity index (χ1) is 19.4. The molecule has 2 N–H and O–H groups in total. The molecule has 2 heterocycles. The van der Waals surface area contributed by atoms with Gasteiger partial charge in [0.2, 0.25) is 0 Å². The Kier molecular flexibility index (Phi) is 8.02. The lowest BCUT2D eigenvalue weighted by Gasteiger charge is -2.14. The van der Waals surface area contributed by atoms with Crippen LogP contribution in [-0.2, 0) is 17.8 Å². The summed E-state index contributed by atoms with van der Waals surface area (Å²) in [7, 11) is 0. The minimum absolute atomic E-state index is 0.126. The zero-order valence-corrected chi connectivity index (χ0v) is 22.0. The minimum Gasteiger partial charge on any atom is -0.489 e. The average molecular weight is 532 g/mol. The zero-order chi connectivity index (χ0) is 27.9. The first-order valence-corrected chi connectivity index (χ1v) is 13.0. The number of rotatable bonds is 10. The molecular formula is C33H29N3O4. The Hall–Kier alpha value is -5.17. The van der Waals surface area contributed by atoms with Crippen LogP contribution in [0.1, 0.15) is 38.3 Å². The van der Waals surface area contributed by atoms with Gasteiger partial charge in [-0.3, -0.25) is 4.79 Å². The number of carbonyl (C=O) groups is 2. The van der Waals surface area contributed by atoms with E-state index in [0.29, 0.717) is 18.0 Å². The second-order valence-electron chi connectivity index (χ2n) is 9.58. The van der Waals surface area contributed by atoms with E-state index in [9.17, 15) is 14.7 Å². The standard InChI is InChI=1S/C33H29N3O4/c1-23-7-9-24(10-8-23)11-12-26-15-18-31-34-30(21-36(31)20-26)32(37)35-29(33(38)39)19-25-13-16-28(17-14-25)40-22-27-5-3-2-4-6-27/h2-18,20-21,29H,19,22H2,1H3,(H,35,37)(H,38,39)/t29-/m0/s1. The second-order valence-corrected chi connectivity index (χ2v) is 9.58. The minimum atomic E-state index is -1.12. The molecule has 40 heavy (non-hydrogen) atoms. The monoisotopic (exact) mass is 531 g/mol. The van der Waals surface area contributed by atoms with E-state index in [1.165, 1.54) is 5.56 Å². The van der Waals surface area contributed by atoms with Gasteiger partial charge in [-0.05, 0) is 53.4 Å². The molecule has 0 unspecified atom stereocenters. The van der Waals surface area contributed by atoms with Crippen molar-refractivity contribution in [3.8, 4) is 5.75 Å². The van der Waals surface area contributed by atoms with Crippen LogP contribution in [-0.4, -0.2) is 32.4 Å². The van der Waals surface area contributed by atoms with Crippen molar-refractivity contribution in [3.05, 3.63) is 137 Å². The van der Waals surface area contributed by atoms with Gasteiger partial charge in [0.1, 0.15) is 29.7 Å². The van der Waals surface area contributed by atoms with Crippen LogP contribution in [0.15, 0.2) is 103 Å². The van der Waals surface area contributed by atoms with Crippen molar-refractivity contribution >= 4 is 29.7 Å². The fourth-order valence-electron chi connectivity index (χ4n) is 4.22. The van der Waals surface area contributed by atoms with Gasteiger partial charge in [-0.2, -0.15) is 0 Å². The number of benzene rings is 3. The largest absolute Gasteiger partial charge is 0.489 e. The second kappa shape index (κ2) is 12.1. The quantitative estimate of drug-likeness (QED) is 0.237. The van der Waals surface area contributed by atoms with E-state index >= 15 is 0 Å². The summed E-state index contributed by atoms with van der Waals surface area (Å²) in [4.78, 5) is 29.3. The molecule has 5 rings (SSSR count). The molecule has 1 atom stereocenters. The van der Waals surface area contributed by atoms with Crippen LogP contribution < -0.4 is 10.1 Å². The van der Waals surface area contributed by atoms with E-state index in [4.69, 9.17) is 4.74 Å². The molecule has 0 aliphatic rings. The van der Waals surface area contributed by atoms with Crippen LogP contribution in [0.25, 0.3) is 17.8 Å². The summed E-state index contributed by atoms with van der Waals surface area (Å²) in [5, 5.41) is 12.4. The van der Waals surface area contributed by atoms with Crippen LogP contribution in [0.5, 0.6) is 5.75 Å². The number of aryl methyl sites for hydroxylation is 1. The third-order valence-electron chi connectivity index (χ3n) is 6.47. The van der Waals surface area contributed by atoms with Gasteiger partial charge in [-0.25, -0.2) is 9.78 Å². The number of fused-ring (bicyclic) bond motifs is 1. The molecule has 200 valence electrons. The normalized spacial score (nSPS) is 11.9. The third-order valence-corrected chi connectivity index (χ3v) is 6.47. The summed E-state index contributed by atoms with van der Waals surface area (Å²) in [6.07, 6.45) is 7.61. The summed E-state index contributed by atoms with van der Waals surface area (Å²) in [5.41, 5.74) is 5.80. The molecule has 7 nitrogen and oxygen atoms in total. The molecule has 2 aromatic heterocycles. The Balaban J connectivity index is 1.21. The van der Waals surface area contributed by atoms with Crippen molar-refractivity contribution in [1.29, 1.82) is 0 Å². The van der Waals surface area contributed by atoms with Gasteiger partial charge in [-0.15, -0.1) is 0 Å². The van der Waals surface area contributed by atoms with Crippen LogP contribution in [0.4, 0.5) is 0 Å². The highest BCUT2D eigenvalue weighted by Crippen LogP contribution is 2.16. The van der Waals surface area contributed by atoms with Gasteiger partial charge in [0.15, 0.2) is 0 Å². The highest BCUT2D eigenvalue weighted by atomic mass is 16.5. The van der Waals surface area contributed by atoms with Crippen molar-refractivity contribution in [2.45, 2.75) is 26.0 Å². The average Bonchev–Trinajstić information content (AvgIpc) is 3.40. The van der Waals surface area contributed by atoms with Gasteiger partial charge in [-0.1, -0.05) is 84.4 Å². The van der Waals surface area contributed by atoms with Crippen molar-refractivity contribution in [3.63, 3.8) is 0 Å². The van der Waals surface area contributed by atoms with E-state index in [2.05, 4.69) is 34.6 Å². The third kappa shape index (κ3) is 6.82. The van der Waals surface area contributed by atoms with Gasteiger partial charge < -0.3 is 19.6 Å². The molecule has 1 amide bonds. The molecule has 5 aromatic rings. The first kappa shape index (κ1) is 26.4. The van der Waals surface area contributed by atoms with Crippen LogP contribution >= 0.6 is 0 Å². The van der Waals surface area contributed by atoms with Gasteiger partial charge in [0, 0.05) is 18.8 Å². The molecule has 0 spiro atoms. The molecule has 0 fully saturated rings. The number of nitrogens with one attached hydrogen (secondary N) is 1. The highest BCUT2D eigenvalue weighted by molar-refractivity contribution is 5.95. The lowest BCUT2D eigenvalue weighted by molar-refractivity contribution is -0.139. The van der Waals surface area contributed by atoms with Crippen LogP contribution in [0, 0.1) is 6.92 Å². The summed E-state index contributed by atoms with van der Waals surface area (Å²) in [6, 6.07) is 27.9. The maximum atomic E-state index is 12.9. The molecule has 0 saturated carbocycles. The van der Waals surface area contributed by atoms with Crippen molar-refractivity contribution < 1.29 is 19.4 Å². The van der Waals surface area contributed by atoms with Crippen molar-refractivity contribution in [1.82, 2.24) is 14.7 Å². The number of ether oxygens (including phenoxy) is 1. The Morgan fingerprint density at radius 2 is 1.57 bits per heavy atom. The lowest BCUT2D eigenvalue weighted by Crippen LogP contribution is -2.42. The number of nitrogens with zero attached hydrogens (tertiary/aromatic N) is 2. The number of carboxylic acids is 1. The fraction of sp³-hybridized carbons (Fsp3) is 0.121. The van der Waals surface area contributed by atoms with Crippen molar-refractivity contribution in [2.75, 3.05) is 0 Å². The topological polar surface area (TPSA) is 92.9 Å². The zero-order valence-electron chi connectivity index (χ0n) is 22.0. The van der Waals surface area contributed by atoms with Crippen molar-refractivity contribution in [2.24, 2.45) is 0 Å². The predicted octanol–water partition coefficient (Wildman–Crippen LogP) is 5.82. The smallest absolute Gasteiger partial charge is 0.326 e. The Morgan fingerprint density at radius 1 is 0.875 bits per heavy atom. The number of pyridine rings is 1. The van der Waals surface area contributed by atoms with E-state index in [-0.39, 0.29) is 12.1 Å². The molecule has 0 radical (unpaired) electrons. The molecule has 7 heteroatoms. The summed E-state index contributed by atoms with van der Waals surface area (Å²) < 4.78 is 7.56. The number of carboxylic acid groups (broad SMARTS) is 1. The fourth-order valence-corrected chi connectivity index (χ4v) is 4.22. The number of carbonyl (C=O) groups excluding carboxylic acids is 1. The number of aliphatic carboxylic acids is 1. The number of imidazole rings is 1. The summed E-state index contributed by atoms with van der Waals surface area (Å²) in [5.74, 6) is -0.984. The van der Waals surface area contributed by atoms with E-state index < -0.39 is 17.9 Å². The Bertz CT molecular complexity index is 1640. The van der Waals surface area contributed by atoms with Gasteiger partial charge in [0.25, 0.3) is 5.91 Å². The molecule has 0 bridgehead atoms. The first-order valence-electron chi connectivity index (χ1n) is 13.0. The number of aromatic nitrogens is 2. The van der Waals surface area contributed by atoms with Gasteiger partial charge >= 0.3 is 5.97 Å². The molecular weight excluding hydrogens is 502 g/mol. The van der Waals surface area contributed by atoms with E-state index in [1.54, 1.807) is 34.9 Å². The van der Waals surface area contributed by atoms with Gasteiger partial charge in [0.05, 0.1) is 0 Å². The maximum absolute atomic E-state index is 12.9. The SMILES string of the molecule is Cc1ccc(C=Cc2ccc3nc(C(=O)N[C@@H](Cc4ccc(OCc5ccccc5)cc4)C(=O)O)cn3c2)cc1. The molecule has 0 saturated heterocycles. The number of hydrogen-bond donors (Lipinski definition) is 2. The Morgan fingerprint density at radius 3 is 2.30 bits per heavy atom. The summed E-state index contributed by atoms with van der Waals surface area (Å²) in [6.45, 7) is 2.49. The van der Waals surface area contributed by atoms with E-state index in [0.717, 1.165) is 22.3 Å². The van der Waals surface area contributed by atoms with Crippen LogP contribution in [0.2, 0.25) is 0 Å². The van der Waals surface area contributed by atoms with E-state index in [1.807, 2.05) is 67.7 Å². The predicted molar refractivity (Wildman–Crippen MR) is 155 cm³/mol. The number of amides is 1. The molecule has 3 aromatic carbocycles. The summed E-state index contributed by atoms with van der Waals surface area (Å²) >= 11 is 0. The lowest BCUT2D eigenvalue weighted by atomic mass is 10.1.